The van der Waals surface area contributed by atoms with Crippen molar-refractivity contribution < 1.29 is 4.79 Å². The third-order valence-electron chi connectivity index (χ3n) is 7.29. The number of imidazole rings is 1. The van der Waals surface area contributed by atoms with E-state index in [0.717, 1.165) is 46.4 Å². The van der Waals surface area contributed by atoms with Crippen LogP contribution in [0.15, 0.2) is 85.3 Å². The number of amides is 1. The minimum absolute atomic E-state index is 0. The molecule has 1 unspecified atom stereocenters. The molecule has 1 atom stereocenters. The van der Waals surface area contributed by atoms with Gasteiger partial charge in [0.05, 0.1) is 35.9 Å². The van der Waals surface area contributed by atoms with Gasteiger partial charge in [-0.3, -0.25) is 4.79 Å². The molecule has 0 aliphatic carbocycles. The Balaban J connectivity index is 0.00000210. The minimum atomic E-state index is -0.0932. The van der Waals surface area contributed by atoms with Crippen LogP contribution in [0, 0.1) is 18.3 Å². The van der Waals surface area contributed by atoms with Crippen LogP contribution in [0.3, 0.4) is 0 Å². The standard InChI is InChI=1S/C31H31N5O.2ClH/c1-22-8-6-7-11-27(22)28-18-24(12-13-25(28)19-32)30(29-20-33-21-35(29)2)34-26-14-16-36(17-15-26)31(37)23-9-4-3-5-10-23;;/h3-13,18,20-21,26,30,34H,14-17H2,1-2H3;2*1H. The van der Waals surface area contributed by atoms with Crippen molar-refractivity contribution >= 4 is 30.7 Å². The third kappa shape index (κ3) is 6.51. The van der Waals surface area contributed by atoms with Gasteiger partial charge in [-0.1, -0.05) is 48.5 Å². The van der Waals surface area contributed by atoms with Gasteiger partial charge in [-0.15, -0.1) is 24.8 Å². The van der Waals surface area contributed by atoms with E-state index < -0.39 is 0 Å². The molecule has 39 heavy (non-hydrogen) atoms. The second-order valence-corrected chi connectivity index (χ2v) is 9.69. The molecule has 2 heterocycles. The Hall–Kier alpha value is -3.63. The highest BCUT2D eigenvalue weighted by Crippen LogP contribution is 2.32. The molecule has 1 aromatic heterocycles. The van der Waals surface area contributed by atoms with Crippen LogP contribution in [0.25, 0.3) is 11.1 Å². The van der Waals surface area contributed by atoms with E-state index in [1.807, 2.05) is 83.6 Å². The van der Waals surface area contributed by atoms with Crippen LogP contribution in [0.4, 0.5) is 0 Å². The van der Waals surface area contributed by atoms with E-state index in [4.69, 9.17) is 0 Å². The lowest BCUT2D eigenvalue weighted by molar-refractivity contribution is 0.0702. The number of halogens is 2. The largest absolute Gasteiger partial charge is 0.339 e. The number of benzene rings is 3. The molecular formula is C31H33Cl2N5O. The predicted molar refractivity (Wildman–Crippen MR) is 159 cm³/mol. The molecule has 5 rings (SSSR count). The van der Waals surface area contributed by atoms with Gasteiger partial charge in [0.2, 0.25) is 0 Å². The smallest absolute Gasteiger partial charge is 0.253 e. The molecule has 0 spiro atoms. The normalized spacial score (nSPS) is 14.0. The zero-order valence-corrected chi connectivity index (χ0v) is 23.7. The van der Waals surface area contributed by atoms with Crippen molar-refractivity contribution in [1.82, 2.24) is 19.8 Å². The number of likely N-dealkylation sites (tertiary alicyclic amines) is 1. The van der Waals surface area contributed by atoms with Gasteiger partial charge in [0.1, 0.15) is 0 Å². The summed E-state index contributed by atoms with van der Waals surface area (Å²) < 4.78 is 2.04. The SMILES string of the molecule is Cc1ccccc1-c1cc(C(NC2CCN(C(=O)c3ccccc3)CC2)c2cncn2C)ccc1C#N.Cl.Cl. The molecule has 6 nitrogen and oxygen atoms in total. The fourth-order valence-electron chi connectivity index (χ4n) is 5.18. The molecule has 1 amide bonds. The van der Waals surface area contributed by atoms with Crippen LogP contribution in [0.1, 0.15) is 51.6 Å². The van der Waals surface area contributed by atoms with Gasteiger partial charge in [-0.2, -0.15) is 5.26 Å². The molecule has 1 fully saturated rings. The maximum atomic E-state index is 12.9. The van der Waals surface area contributed by atoms with E-state index in [1.165, 1.54) is 0 Å². The summed E-state index contributed by atoms with van der Waals surface area (Å²) in [5.74, 6) is 0.0946. The number of carbonyl (C=O) groups excluding carboxylic acids is 1. The lowest BCUT2D eigenvalue weighted by atomic mass is 9.91. The molecule has 8 heteroatoms. The number of aryl methyl sites for hydroxylation is 2. The Morgan fingerprint density at radius 1 is 1.00 bits per heavy atom. The fourth-order valence-corrected chi connectivity index (χ4v) is 5.18. The van der Waals surface area contributed by atoms with E-state index in [0.29, 0.717) is 18.7 Å². The fraction of sp³-hybridized carbons (Fsp3) is 0.258. The van der Waals surface area contributed by atoms with Gasteiger partial charge in [-0.25, -0.2) is 4.98 Å². The van der Waals surface area contributed by atoms with E-state index in [-0.39, 0.29) is 42.8 Å². The number of aromatic nitrogens is 2. The molecule has 0 bridgehead atoms. The Morgan fingerprint density at radius 2 is 1.69 bits per heavy atom. The molecular weight excluding hydrogens is 529 g/mol. The first-order valence-electron chi connectivity index (χ1n) is 12.7. The molecule has 1 aliphatic rings. The molecule has 0 radical (unpaired) electrons. The zero-order chi connectivity index (χ0) is 25.8. The quantitative estimate of drug-likeness (QED) is 0.309. The average Bonchev–Trinajstić information content (AvgIpc) is 3.37. The van der Waals surface area contributed by atoms with Crippen LogP contribution in [-0.2, 0) is 7.05 Å². The number of piperidine rings is 1. The molecule has 0 saturated carbocycles. The van der Waals surface area contributed by atoms with Gasteiger partial charge in [0.15, 0.2) is 0 Å². The maximum absolute atomic E-state index is 12.9. The monoisotopic (exact) mass is 561 g/mol. The van der Waals surface area contributed by atoms with E-state index in [2.05, 4.69) is 41.5 Å². The molecule has 3 aromatic carbocycles. The Labute approximate surface area is 242 Å². The lowest BCUT2D eigenvalue weighted by Crippen LogP contribution is -2.46. The van der Waals surface area contributed by atoms with E-state index in [1.54, 1.807) is 0 Å². The Bertz CT molecular complexity index is 1440. The summed E-state index contributed by atoms with van der Waals surface area (Å²) in [4.78, 5) is 19.2. The highest BCUT2D eigenvalue weighted by Gasteiger charge is 2.27. The van der Waals surface area contributed by atoms with Crippen molar-refractivity contribution in [3.63, 3.8) is 0 Å². The Kier molecular flexibility index (Phi) is 10.3. The van der Waals surface area contributed by atoms with Crippen LogP contribution in [0.5, 0.6) is 0 Å². The second-order valence-electron chi connectivity index (χ2n) is 9.69. The molecule has 1 N–H and O–H groups in total. The van der Waals surface area contributed by atoms with Crippen LogP contribution < -0.4 is 5.32 Å². The van der Waals surface area contributed by atoms with Crippen molar-refractivity contribution in [2.24, 2.45) is 7.05 Å². The lowest BCUT2D eigenvalue weighted by Gasteiger charge is -2.35. The number of carbonyl (C=O) groups is 1. The predicted octanol–water partition coefficient (Wildman–Crippen LogP) is 6.09. The van der Waals surface area contributed by atoms with Crippen molar-refractivity contribution in [3.8, 4) is 17.2 Å². The zero-order valence-electron chi connectivity index (χ0n) is 22.1. The minimum Gasteiger partial charge on any atom is -0.339 e. The second kappa shape index (κ2) is 13.4. The number of hydrogen-bond donors (Lipinski definition) is 1. The van der Waals surface area contributed by atoms with Crippen LogP contribution in [-0.4, -0.2) is 39.5 Å². The number of rotatable bonds is 6. The summed E-state index contributed by atoms with van der Waals surface area (Å²) >= 11 is 0. The Morgan fingerprint density at radius 3 is 2.33 bits per heavy atom. The van der Waals surface area contributed by atoms with Gasteiger partial charge < -0.3 is 14.8 Å². The molecule has 4 aromatic rings. The summed E-state index contributed by atoms with van der Waals surface area (Å²) in [6.45, 7) is 3.50. The first-order chi connectivity index (χ1) is 18.0. The summed E-state index contributed by atoms with van der Waals surface area (Å²) in [5, 5.41) is 13.7. The average molecular weight is 563 g/mol. The van der Waals surface area contributed by atoms with Crippen molar-refractivity contribution in [1.29, 1.82) is 5.26 Å². The molecule has 202 valence electrons. The summed E-state index contributed by atoms with van der Waals surface area (Å²) in [6, 6.07) is 26.3. The van der Waals surface area contributed by atoms with E-state index >= 15 is 0 Å². The van der Waals surface area contributed by atoms with Gasteiger partial charge in [0.25, 0.3) is 5.91 Å². The number of nitriles is 1. The number of nitrogens with zero attached hydrogens (tertiary/aromatic N) is 4. The highest BCUT2D eigenvalue weighted by atomic mass is 35.5. The van der Waals surface area contributed by atoms with Crippen LogP contribution >= 0.6 is 24.8 Å². The van der Waals surface area contributed by atoms with Crippen molar-refractivity contribution in [2.45, 2.75) is 31.8 Å². The van der Waals surface area contributed by atoms with E-state index in [9.17, 15) is 10.1 Å². The van der Waals surface area contributed by atoms with Crippen molar-refractivity contribution in [2.75, 3.05) is 13.1 Å². The first-order valence-corrected chi connectivity index (χ1v) is 12.7. The topological polar surface area (TPSA) is 74.0 Å². The maximum Gasteiger partial charge on any atom is 0.253 e. The van der Waals surface area contributed by atoms with Crippen LogP contribution in [0.2, 0.25) is 0 Å². The van der Waals surface area contributed by atoms with Gasteiger partial charge in [0, 0.05) is 37.3 Å². The molecule has 1 saturated heterocycles. The van der Waals surface area contributed by atoms with Gasteiger partial charge >= 0.3 is 0 Å². The highest BCUT2D eigenvalue weighted by molar-refractivity contribution is 5.94. The summed E-state index contributed by atoms with van der Waals surface area (Å²) in [5.41, 5.74) is 6.69. The third-order valence-corrected chi connectivity index (χ3v) is 7.29. The summed E-state index contributed by atoms with van der Waals surface area (Å²) in [7, 11) is 2.00. The summed E-state index contributed by atoms with van der Waals surface area (Å²) in [6.07, 6.45) is 5.45. The number of nitrogens with one attached hydrogen (secondary N) is 1. The molecule has 1 aliphatic heterocycles. The first kappa shape index (κ1) is 29.9. The van der Waals surface area contributed by atoms with Gasteiger partial charge in [-0.05, 0) is 60.7 Å². The number of hydrogen-bond acceptors (Lipinski definition) is 4. The van der Waals surface area contributed by atoms with Crippen molar-refractivity contribution in [3.05, 3.63) is 113 Å².